The highest BCUT2D eigenvalue weighted by molar-refractivity contribution is 14.1. The van der Waals surface area contributed by atoms with Crippen LogP contribution in [-0.2, 0) is 6.42 Å². The maximum absolute atomic E-state index is 9.74. The van der Waals surface area contributed by atoms with Crippen molar-refractivity contribution in [1.82, 2.24) is 5.32 Å². The zero-order valence-corrected chi connectivity index (χ0v) is 9.58. The van der Waals surface area contributed by atoms with Crippen LogP contribution >= 0.6 is 22.6 Å². The molecule has 70 valence electrons. The van der Waals surface area contributed by atoms with Crippen molar-refractivity contribution >= 4 is 22.6 Å². The predicted octanol–water partition coefficient (Wildman–Crippen LogP) is 1.47. The summed E-state index contributed by atoms with van der Waals surface area (Å²) in [4.78, 5) is 0. The van der Waals surface area contributed by atoms with E-state index in [2.05, 4.69) is 46.1 Å². The Hall–Kier alpha value is -0.130. The first kappa shape index (κ1) is 9.43. The number of hydrogen-bond acceptors (Lipinski definition) is 2. The van der Waals surface area contributed by atoms with Gasteiger partial charge in [0.2, 0.25) is 0 Å². The van der Waals surface area contributed by atoms with Crippen LogP contribution in [0.15, 0.2) is 18.2 Å². The molecule has 0 saturated carbocycles. The summed E-state index contributed by atoms with van der Waals surface area (Å²) in [5.41, 5.74) is 2.52. The number of halogens is 1. The fourth-order valence-electron chi connectivity index (χ4n) is 1.94. The Bertz CT molecular complexity index is 327. The first-order chi connectivity index (χ1) is 6.22. The van der Waals surface area contributed by atoms with Crippen molar-refractivity contribution in [2.45, 2.75) is 18.6 Å². The summed E-state index contributed by atoms with van der Waals surface area (Å²) in [6.45, 7) is 0. The number of nitrogens with one attached hydrogen (secondary N) is 1. The topological polar surface area (TPSA) is 32.3 Å². The number of likely N-dealkylation sites (N-methyl/N-ethyl adjacent to an activating group) is 1. The number of aliphatic hydroxyl groups excluding tert-OH is 1. The maximum Gasteiger partial charge on any atom is 0.0775 e. The molecule has 0 aliphatic heterocycles. The number of hydrogen-bond donors (Lipinski definition) is 2. The van der Waals surface area contributed by atoms with Gasteiger partial charge in [-0.3, -0.25) is 0 Å². The summed E-state index contributed by atoms with van der Waals surface area (Å²) < 4.78 is 1.23. The molecule has 1 aliphatic rings. The van der Waals surface area contributed by atoms with E-state index in [9.17, 15) is 5.11 Å². The summed E-state index contributed by atoms with van der Waals surface area (Å²) in [6.07, 6.45) is 0.510. The minimum absolute atomic E-state index is 0.115. The number of aliphatic hydroxyl groups is 1. The number of fused-ring (bicyclic) bond motifs is 1. The van der Waals surface area contributed by atoms with Crippen molar-refractivity contribution in [2.24, 2.45) is 0 Å². The molecular weight excluding hydrogens is 277 g/mol. The average Bonchev–Trinajstić information content (AvgIpc) is 2.40. The molecule has 2 N–H and O–H groups in total. The Kier molecular flexibility index (Phi) is 2.58. The molecule has 2 atom stereocenters. The second-order valence-corrected chi connectivity index (χ2v) is 4.63. The standard InChI is InChI=1S/C10H12INO/c1-12-10-8-5-7(11)3-2-6(8)4-9(10)13/h2-3,5,9-10,12-13H,4H2,1H3/t9-,10-/m0/s1. The highest BCUT2D eigenvalue weighted by Crippen LogP contribution is 2.32. The molecule has 0 radical (unpaired) electrons. The van der Waals surface area contributed by atoms with E-state index >= 15 is 0 Å². The molecule has 0 saturated heterocycles. The lowest BCUT2D eigenvalue weighted by Gasteiger charge is -2.14. The van der Waals surface area contributed by atoms with E-state index < -0.39 is 0 Å². The minimum Gasteiger partial charge on any atom is -0.391 e. The predicted molar refractivity (Wildman–Crippen MR) is 60.7 cm³/mol. The van der Waals surface area contributed by atoms with E-state index in [0.717, 1.165) is 6.42 Å². The molecule has 0 bridgehead atoms. The van der Waals surface area contributed by atoms with E-state index in [1.54, 1.807) is 0 Å². The van der Waals surface area contributed by atoms with Crippen LogP contribution in [0.25, 0.3) is 0 Å². The van der Waals surface area contributed by atoms with Crippen molar-refractivity contribution in [3.8, 4) is 0 Å². The van der Waals surface area contributed by atoms with Crippen LogP contribution in [0.2, 0.25) is 0 Å². The maximum atomic E-state index is 9.74. The lowest BCUT2D eigenvalue weighted by Crippen LogP contribution is -2.25. The van der Waals surface area contributed by atoms with E-state index in [0.29, 0.717) is 0 Å². The van der Waals surface area contributed by atoms with Crippen molar-refractivity contribution in [3.63, 3.8) is 0 Å². The first-order valence-corrected chi connectivity index (χ1v) is 5.44. The number of rotatable bonds is 1. The van der Waals surface area contributed by atoms with Gasteiger partial charge < -0.3 is 10.4 Å². The first-order valence-electron chi connectivity index (χ1n) is 4.36. The summed E-state index contributed by atoms with van der Waals surface area (Å²) in [7, 11) is 1.89. The SMILES string of the molecule is CN[C@H]1c2cc(I)ccc2C[C@@H]1O. The summed E-state index contributed by atoms with van der Waals surface area (Å²) in [5.74, 6) is 0. The van der Waals surface area contributed by atoms with Gasteiger partial charge in [-0.05, 0) is 52.9 Å². The average molecular weight is 289 g/mol. The molecular formula is C10H12INO. The Morgan fingerprint density at radius 3 is 3.00 bits per heavy atom. The second-order valence-electron chi connectivity index (χ2n) is 3.38. The van der Waals surface area contributed by atoms with Gasteiger partial charge in [0.25, 0.3) is 0 Å². The largest absolute Gasteiger partial charge is 0.391 e. The zero-order chi connectivity index (χ0) is 9.42. The normalized spacial score (nSPS) is 26.1. The third-order valence-electron chi connectivity index (χ3n) is 2.57. The van der Waals surface area contributed by atoms with Crippen LogP contribution in [0.3, 0.4) is 0 Å². The fourth-order valence-corrected chi connectivity index (χ4v) is 2.45. The Labute approximate surface area is 91.5 Å². The third kappa shape index (κ3) is 1.60. The number of benzene rings is 1. The van der Waals surface area contributed by atoms with Crippen LogP contribution < -0.4 is 5.32 Å². The molecule has 0 spiro atoms. The van der Waals surface area contributed by atoms with Crippen molar-refractivity contribution in [1.29, 1.82) is 0 Å². The lowest BCUT2D eigenvalue weighted by molar-refractivity contribution is 0.145. The Balaban J connectivity index is 2.44. The molecule has 1 aromatic carbocycles. The lowest BCUT2D eigenvalue weighted by atomic mass is 10.1. The van der Waals surface area contributed by atoms with Gasteiger partial charge in [0.05, 0.1) is 12.1 Å². The third-order valence-corrected chi connectivity index (χ3v) is 3.24. The molecule has 0 aromatic heterocycles. The van der Waals surface area contributed by atoms with Gasteiger partial charge in [-0.15, -0.1) is 0 Å². The summed E-state index contributed by atoms with van der Waals surface area (Å²) in [5, 5.41) is 12.9. The molecule has 3 heteroatoms. The van der Waals surface area contributed by atoms with Gasteiger partial charge in [-0.25, -0.2) is 0 Å². The molecule has 1 aliphatic carbocycles. The zero-order valence-electron chi connectivity index (χ0n) is 7.42. The fraction of sp³-hybridized carbons (Fsp3) is 0.400. The minimum atomic E-state index is -0.266. The van der Waals surface area contributed by atoms with Gasteiger partial charge in [-0.1, -0.05) is 6.07 Å². The molecule has 0 heterocycles. The quantitative estimate of drug-likeness (QED) is 0.767. The van der Waals surface area contributed by atoms with Gasteiger partial charge in [0, 0.05) is 9.99 Å². The van der Waals surface area contributed by atoms with Gasteiger partial charge in [0.1, 0.15) is 0 Å². The summed E-state index contributed by atoms with van der Waals surface area (Å²) >= 11 is 2.30. The van der Waals surface area contributed by atoms with Gasteiger partial charge >= 0.3 is 0 Å². The second kappa shape index (κ2) is 3.55. The van der Waals surface area contributed by atoms with Gasteiger partial charge in [0.15, 0.2) is 0 Å². The van der Waals surface area contributed by atoms with Gasteiger partial charge in [-0.2, -0.15) is 0 Å². The smallest absolute Gasteiger partial charge is 0.0775 e. The molecule has 2 rings (SSSR count). The molecule has 13 heavy (non-hydrogen) atoms. The van der Waals surface area contributed by atoms with Crippen LogP contribution in [0.4, 0.5) is 0 Å². The highest BCUT2D eigenvalue weighted by Gasteiger charge is 2.29. The Morgan fingerprint density at radius 2 is 2.31 bits per heavy atom. The van der Waals surface area contributed by atoms with E-state index in [-0.39, 0.29) is 12.1 Å². The Morgan fingerprint density at radius 1 is 1.54 bits per heavy atom. The van der Waals surface area contributed by atoms with E-state index in [1.807, 2.05) is 7.05 Å². The van der Waals surface area contributed by atoms with Crippen molar-refractivity contribution in [3.05, 3.63) is 32.9 Å². The summed E-state index contributed by atoms with van der Waals surface area (Å²) in [6, 6.07) is 6.46. The molecule has 0 fully saturated rings. The van der Waals surface area contributed by atoms with Crippen LogP contribution in [0.1, 0.15) is 17.2 Å². The molecule has 0 amide bonds. The van der Waals surface area contributed by atoms with Crippen LogP contribution in [0, 0.1) is 3.57 Å². The molecule has 0 unspecified atom stereocenters. The van der Waals surface area contributed by atoms with Crippen molar-refractivity contribution in [2.75, 3.05) is 7.05 Å². The van der Waals surface area contributed by atoms with E-state index in [4.69, 9.17) is 0 Å². The molecule has 1 aromatic rings. The monoisotopic (exact) mass is 289 g/mol. The van der Waals surface area contributed by atoms with Crippen LogP contribution in [-0.4, -0.2) is 18.3 Å². The molecule has 2 nitrogen and oxygen atoms in total. The van der Waals surface area contributed by atoms with E-state index in [1.165, 1.54) is 14.7 Å². The van der Waals surface area contributed by atoms with Crippen molar-refractivity contribution < 1.29 is 5.11 Å². The van der Waals surface area contributed by atoms with Crippen LogP contribution in [0.5, 0.6) is 0 Å². The highest BCUT2D eigenvalue weighted by atomic mass is 127.